The number of rotatable bonds is 3. The zero-order valence-corrected chi connectivity index (χ0v) is 9.45. The minimum Gasteiger partial charge on any atom is -0.481 e. The molecule has 18 heavy (non-hydrogen) atoms. The third-order valence-electron chi connectivity index (χ3n) is 3.74. The summed E-state index contributed by atoms with van der Waals surface area (Å²) in [7, 11) is 0. The molecule has 1 aromatic rings. The molecular formula is C12H12N2O4. The molecule has 4 atom stereocenters. The molecule has 2 bridgehead atoms. The molecule has 6 heteroatoms. The van der Waals surface area contributed by atoms with Crippen LogP contribution >= 0.6 is 0 Å². The first kappa shape index (κ1) is 11.0. The van der Waals surface area contributed by atoms with E-state index >= 15 is 0 Å². The standard InChI is InChI=1S/C12H12N2O4/c15-11(13-8-3-4-18-14-8)9-6-1-2-7(5-6)10(9)12(16)17/h1-4,6-7,9-10H,5H2,(H,16,17)(H,13,14,15)/t6-,7-,9-,10+/m0/s1. The number of allylic oxidation sites excluding steroid dienone is 2. The van der Waals surface area contributed by atoms with Gasteiger partial charge >= 0.3 is 5.97 Å². The summed E-state index contributed by atoms with van der Waals surface area (Å²) in [5.74, 6) is -2.05. The fourth-order valence-corrected chi connectivity index (χ4v) is 3.00. The van der Waals surface area contributed by atoms with Crippen molar-refractivity contribution in [3.8, 4) is 0 Å². The van der Waals surface area contributed by atoms with Gasteiger partial charge in [-0.15, -0.1) is 0 Å². The minimum atomic E-state index is -0.910. The number of carboxylic acids is 1. The predicted molar refractivity (Wildman–Crippen MR) is 60.5 cm³/mol. The van der Waals surface area contributed by atoms with Gasteiger partial charge in [0, 0.05) is 6.07 Å². The van der Waals surface area contributed by atoms with Crippen molar-refractivity contribution < 1.29 is 19.2 Å². The van der Waals surface area contributed by atoms with E-state index in [2.05, 4.69) is 15.0 Å². The van der Waals surface area contributed by atoms with Crippen molar-refractivity contribution in [1.29, 1.82) is 0 Å². The van der Waals surface area contributed by atoms with E-state index in [1.165, 1.54) is 12.3 Å². The van der Waals surface area contributed by atoms with E-state index in [0.29, 0.717) is 5.82 Å². The minimum absolute atomic E-state index is 0.0167. The molecule has 2 aliphatic rings. The number of aliphatic carboxylic acids is 1. The topological polar surface area (TPSA) is 92.4 Å². The zero-order chi connectivity index (χ0) is 12.7. The maximum atomic E-state index is 12.1. The summed E-state index contributed by atoms with van der Waals surface area (Å²) in [6.07, 6.45) is 5.94. The molecule has 0 spiro atoms. The molecule has 0 aromatic carbocycles. The van der Waals surface area contributed by atoms with Gasteiger partial charge in [-0.1, -0.05) is 17.3 Å². The largest absolute Gasteiger partial charge is 0.481 e. The van der Waals surface area contributed by atoms with Crippen LogP contribution in [0.25, 0.3) is 0 Å². The number of carbonyl (C=O) groups excluding carboxylic acids is 1. The molecule has 0 saturated heterocycles. The number of anilines is 1. The van der Waals surface area contributed by atoms with Gasteiger partial charge < -0.3 is 14.9 Å². The molecule has 2 aliphatic carbocycles. The second-order valence-corrected chi connectivity index (χ2v) is 4.71. The van der Waals surface area contributed by atoms with Gasteiger partial charge in [0.1, 0.15) is 6.26 Å². The molecule has 0 radical (unpaired) electrons. The number of nitrogens with one attached hydrogen (secondary N) is 1. The summed E-state index contributed by atoms with van der Waals surface area (Å²) in [6.45, 7) is 0. The van der Waals surface area contributed by atoms with Crippen molar-refractivity contribution >= 4 is 17.7 Å². The zero-order valence-electron chi connectivity index (χ0n) is 9.45. The molecule has 2 N–H and O–H groups in total. The lowest BCUT2D eigenvalue weighted by molar-refractivity contribution is -0.146. The third kappa shape index (κ3) is 1.61. The maximum absolute atomic E-state index is 12.1. The SMILES string of the molecule is O=C(Nc1ccon1)[C@@H]1[C@H](C(=O)O)[C@H]2C=C[C@H]1C2. The average Bonchev–Trinajstić information content (AvgIpc) is 3.03. The number of aromatic nitrogens is 1. The van der Waals surface area contributed by atoms with Gasteiger partial charge in [-0.05, 0) is 18.3 Å². The van der Waals surface area contributed by atoms with E-state index in [4.69, 9.17) is 0 Å². The first-order valence-electron chi connectivity index (χ1n) is 5.79. The molecule has 1 saturated carbocycles. The monoisotopic (exact) mass is 248 g/mol. The van der Waals surface area contributed by atoms with Crippen molar-refractivity contribution in [2.24, 2.45) is 23.7 Å². The smallest absolute Gasteiger partial charge is 0.307 e. The van der Waals surface area contributed by atoms with E-state index in [0.717, 1.165) is 6.42 Å². The van der Waals surface area contributed by atoms with Gasteiger partial charge in [-0.2, -0.15) is 0 Å². The average molecular weight is 248 g/mol. The molecular weight excluding hydrogens is 236 g/mol. The van der Waals surface area contributed by atoms with Crippen LogP contribution in [0, 0.1) is 23.7 Å². The van der Waals surface area contributed by atoms with Crippen molar-refractivity contribution in [1.82, 2.24) is 5.16 Å². The fraction of sp³-hybridized carbons (Fsp3) is 0.417. The highest BCUT2D eigenvalue weighted by atomic mass is 16.5. The van der Waals surface area contributed by atoms with Gasteiger partial charge in [0.15, 0.2) is 5.82 Å². The van der Waals surface area contributed by atoms with Gasteiger partial charge in [0.2, 0.25) is 5.91 Å². The van der Waals surface area contributed by atoms with Gasteiger partial charge in [0.05, 0.1) is 11.8 Å². The fourth-order valence-electron chi connectivity index (χ4n) is 3.00. The Hall–Kier alpha value is -2.11. The Bertz CT molecular complexity index is 508. The van der Waals surface area contributed by atoms with E-state index in [1.807, 2.05) is 12.2 Å². The Morgan fingerprint density at radius 2 is 2.06 bits per heavy atom. The number of hydrogen-bond acceptors (Lipinski definition) is 4. The lowest BCUT2D eigenvalue weighted by Gasteiger charge is -2.23. The molecule has 1 heterocycles. The van der Waals surface area contributed by atoms with Crippen LogP contribution in [0.4, 0.5) is 5.82 Å². The summed E-state index contributed by atoms with van der Waals surface area (Å²) < 4.78 is 4.62. The van der Waals surface area contributed by atoms with Crippen LogP contribution in [0.3, 0.4) is 0 Å². The van der Waals surface area contributed by atoms with E-state index in [9.17, 15) is 14.7 Å². The second-order valence-electron chi connectivity index (χ2n) is 4.71. The molecule has 3 rings (SSSR count). The van der Waals surface area contributed by atoms with Crippen molar-refractivity contribution in [2.75, 3.05) is 5.32 Å². The van der Waals surface area contributed by atoms with Crippen molar-refractivity contribution in [2.45, 2.75) is 6.42 Å². The van der Waals surface area contributed by atoms with E-state index < -0.39 is 17.8 Å². The third-order valence-corrected chi connectivity index (χ3v) is 3.74. The summed E-state index contributed by atoms with van der Waals surface area (Å²) in [6, 6.07) is 1.52. The highest BCUT2D eigenvalue weighted by Crippen LogP contribution is 2.48. The number of nitrogens with zero attached hydrogens (tertiary/aromatic N) is 1. The summed E-state index contributed by atoms with van der Waals surface area (Å²) in [5.41, 5.74) is 0. The van der Waals surface area contributed by atoms with Crippen molar-refractivity contribution in [3.63, 3.8) is 0 Å². The van der Waals surface area contributed by atoms with E-state index in [-0.39, 0.29) is 17.7 Å². The maximum Gasteiger partial charge on any atom is 0.307 e. The Kier molecular flexibility index (Phi) is 2.43. The van der Waals surface area contributed by atoms with Gasteiger partial charge in [0.25, 0.3) is 0 Å². The van der Waals surface area contributed by atoms with Crippen LogP contribution in [0.15, 0.2) is 29.0 Å². The summed E-state index contributed by atoms with van der Waals surface area (Å²) in [4.78, 5) is 23.4. The summed E-state index contributed by atoms with van der Waals surface area (Å²) in [5, 5.41) is 15.4. The Balaban J connectivity index is 1.80. The van der Waals surface area contributed by atoms with Gasteiger partial charge in [-0.3, -0.25) is 9.59 Å². The van der Waals surface area contributed by atoms with Crippen LogP contribution in [-0.4, -0.2) is 22.1 Å². The van der Waals surface area contributed by atoms with E-state index in [1.54, 1.807) is 0 Å². The first-order valence-corrected chi connectivity index (χ1v) is 5.79. The highest BCUT2D eigenvalue weighted by molar-refractivity contribution is 5.95. The molecule has 6 nitrogen and oxygen atoms in total. The summed E-state index contributed by atoms with van der Waals surface area (Å²) >= 11 is 0. The molecule has 0 unspecified atom stereocenters. The highest BCUT2D eigenvalue weighted by Gasteiger charge is 2.51. The van der Waals surface area contributed by atoms with Crippen LogP contribution in [0.5, 0.6) is 0 Å². The lowest BCUT2D eigenvalue weighted by atomic mass is 9.82. The molecule has 1 amide bonds. The van der Waals surface area contributed by atoms with Crippen LogP contribution in [0.1, 0.15) is 6.42 Å². The van der Waals surface area contributed by atoms with Gasteiger partial charge in [-0.25, -0.2) is 0 Å². The quantitative estimate of drug-likeness (QED) is 0.782. The number of carbonyl (C=O) groups is 2. The normalized spacial score (nSPS) is 32.7. The number of amides is 1. The lowest BCUT2D eigenvalue weighted by Crippen LogP contribution is -2.36. The molecule has 0 aliphatic heterocycles. The second kappa shape index (κ2) is 3.97. The first-order chi connectivity index (χ1) is 8.66. The Labute approximate surface area is 103 Å². The van der Waals surface area contributed by atoms with Crippen LogP contribution in [-0.2, 0) is 9.59 Å². The Morgan fingerprint density at radius 1 is 1.33 bits per heavy atom. The van der Waals surface area contributed by atoms with Crippen LogP contribution in [0.2, 0.25) is 0 Å². The number of fused-ring (bicyclic) bond motifs is 2. The molecule has 1 aromatic heterocycles. The van der Waals surface area contributed by atoms with Crippen LogP contribution < -0.4 is 5.32 Å². The molecule has 1 fully saturated rings. The number of carboxylic acid groups (broad SMARTS) is 1. The Morgan fingerprint density at radius 3 is 2.67 bits per heavy atom. The molecule has 94 valence electrons. The predicted octanol–water partition coefficient (Wildman–Crippen LogP) is 1.14. The van der Waals surface area contributed by atoms with Crippen molar-refractivity contribution in [3.05, 3.63) is 24.5 Å². The number of hydrogen-bond donors (Lipinski definition) is 2.